The summed E-state index contributed by atoms with van der Waals surface area (Å²) in [5.41, 5.74) is 5.68. The summed E-state index contributed by atoms with van der Waals surface area (Å²) >= 11 is 0. The average molecular weight is 261 g/mol. The molecule has 2 N–H and O–H groups in total. The zero-order valence-corrected chi connectivity index (χ0v) is 10.8. The number of rotatable bonds is 4. The van der Waals surface area contributed by atoms with E-state index in [0.29, 0.717) is 32.6 Å². The minimum absolute atomic E-state index is 0.141. The molecular formula is C10H19N3O3S. The molecule has 1 aliphatic rings. The van der Waals surface area contributed by atoms with Gasteiger partial charge in [-0.15, -0.1) is 6.58 Å². The summed E-state index contributed by atoms with van der Waals surface area (Å²) in [7, 11) is -3.16. The number of piperazine rings is 1. The van der Waals surface area contributed by atoms with Crippen LogP contribution in [0.4, 0.5) is 0 Å². The molecular weight excluding hydrogens is 242 g/mol. The first-order valence-electron chi connectivity index (χ1n) is 5.46. The Kier molecular flexibility index (Phi) is 4.67. The highest BCUT2D eigenvalue weighted by Gasteiger charge is 2.27. The van der Waals surface area contributed by atoms with E-state index in [4.69, 9.17) is 5.73 Å². The molecule has 0 aromatic carbocycles. The standard InChI is InChI=1S/C10H19N3O3S/c1-3-4-9(11)10(14)12-5-7-13(8-6-12)17(2,15)16/h3,9H,1,4-8,11H2,2H3. The van der Waals surface area contributed by atoms with Crippen molar-refractivity contribution in [2.75, 3.05) is 32.4 Å². The fraction of sp³-hybridized carbons (Fsp3) is 0.700. The smallest absolute Gasteiger partial charge is 0.239 e. The van der Waals surface area contributed by atoms with Crippen molar-refractivity contribution in [2.24, 2.45) is 5.73 Å². The van der Waals surface area contributed by atoms with Crippen LogP contribution in [0.1, 0.15) is 6.42 Å². The summed E-state index contributed by atoms with van der Waals surface area (Å²) in [5, 5.41) is 0. The molecule has 1 saturated heterocycles. The lowest BCUT2D eigenvalue weighted by atomic mass is 10.2. The number of carbonyl (C=O) groups excluding carboxylic acids is 1. The zero-order chi connectivity index (χ0) is 13.1. The Bertz CT molecular complexity index is 386. The summed E-state index contributed by atoms with van der Waals surface area (Å²) < 4.78 is 23.9. The minimum Gasteiger partial charge on any atom is -0.339 e. The van der Waals surface area contributed by atoms with Crippen LogP contribution < -0.4 is 5.73 Å². The molecule has 0 aromatic rings. The van der Waals surface area contributed by atoms with Crippen LogP contribution in [0, 0.1) is 0 Å². The Morgan fingerprint density at radius 1 is 1.41 bits per heavy atom. The van der Waals surface area contributed by atoms with E-state index in [1.807, 2.05) is 0 Å². The number of hydrogen-bond donors (Lipinski definition) is 1. The zero-order valence-electron chi connectivity index (χ0n) is 10.0. The van der Waals surface area contributed by atoms with Gasteiger partial charge in [0.1, 0.15) is 0 Å². The highest BCUT2D eigenvalue weighted by atomic mass is 32.2. The van der Waals surface area contributed by atoms with E-state index in [2.05, 4.69) is 6.58 Å². The summed E-state index contributed by atoms with van der Waals surface area (Å²) in [6, 6.07) is -0.572. The van der Waals surface area contributed by atoms with Gasteiger partial charge in [-0.1, -0.05) is 6.08 Å². The van der Waals surface area contributed by atoms with E-state index in [1.165, 1.54) is 10.6 Å². The fourth-order valence-electron chi connectivity index (χ4n) is 1.76. The highest BCUT2D eigenvalue weighted by molar-refractivity contribution is 7.88. The summed E-state index contributed by atoms with van der Waals surface area (Å²) in [5.74, 6) is -0.141. The predicted octanol–water partition coefficient (Wildman–Crippen LogP) is -1.01. The van der Waals surface area contributed by atoms with Crippen LogP contribution in [0.5, 0.6) is 0 Å². The molecule has 0 bridgehead atoms. The largest absolute Gasteiger partial charge is 0.339 e. The topological polar surface area (TPSA) is 83.7 Å². The van der Waals surface area contributed by atoms with Crippen LogP contribution in [0.25, 0.3) is 0 Å². The first kappa shape index (κ1) is 14.1. The SMILES string of the molecule is C=CCC(N)C(=O)N1CCN(S(C)(=O)=O)CC1. The lowest BCUT2D eigenvalue weighted by molar-refractivity contribution is -0.133. The molecule has 0 radical (unpaired) electrons. The van der Waals surface area contributed by atoms with Gasteiger partial charge in [0, 0.05) is 26.2 Å². The summed E-state index contributed by atoms with van der Waals surface area (Å²) in [6.07, 6.45) is 3.22. The third-order valence-corrected chi connectivity index (χ3v) is 4.06. The van der Waals surface area contributed by atoms with E-state index in [9.17, 15) is 13.2 Å². The van der Waals surface area contributed by atoms with E-state index in [-0.39, 0.29) is 5.91 Å². The maximum atomic E-state index is 11.8. The van der Waals surface area contributed by atoms with Crippen molar-refractivity contribution in [3.63, 3.8) is 0 Å². The lowest BCUT2D eigenvalue weighted by Gasteiger charge is -2.34. The molecule has 7 heteroatoms. The second-order valence-electron chi connectivity index (χ2n) is 4.12. The van der Waals surface area contributed by atoms with Crippen molar-refractivity contribution >= 4 is 15.9 Å². The molecule has 17 heavy (non-hydrogen) atoms. The lowest BCUT2D eigenvalue weighted by Crippen LogP contribution is -2.54. The monoisotopic (exact) mass is 261 g/mol. The van der Waals surface area contributed by atoms with Crippen LogP contribution in [0.3, 0.4) is 0 Å². The quantitative estimate of drug-likeness (QED) is 0.658. The number of carbonyl (C=O) groups is 1. The maximum Gasteiger partial charge on any atom is 0.239 e. The van der Waals surface area contributed by atoms with Crippen molar-refractivity contribution in [3.05, 3.63) is 12.7 Å². The van der Waals surface area contributed by atoms with Crippen molar-refractivity contribution < 1.29 is 13.2 Å². The third kappa shape index (κ3) is 3.79. The van der Waals surface area contributed by atoms with E-state index >= 15 is 0 Å². The molecule has 1 fully saturated rings. The number of amides is 1. The second-order valence-corrected chi connectivity index (χ2v) is 6.10. The normalized spacial score (nSPS) is 20.0. The van der Waals surface area contributed by atoms with Gasteiger partial charge >= 0.3 is 0 Å². The van der Waals surface area contributed by atoms with Gasteiger partial charge in [0.05, 0.1) is 12.3 Å². The van der Waals surface area contributed by atoms with E-state index in [0.717, 1.165) is 0 Å². The summed E-state index contributed by atoms with van der Waals surface area (Å²) in [4.78, 5) is 13.4. The van der Waals surface area contributed by atoms with E-state index < -0.39 is 16.1 Å². The van der Waals surface area contributed by atoms with Crippen molar-refractivity contribution in [1.82, 2.24) is 9.21 Å². The van der Waals surface area contributed by atoms with Gasteiger partial charge in [-0.3, -0.25) is 4.79 Å². The molecule has 0 aliphatic carbocycles. The van der Waals surface area contributed by atoms with Crippen LogP contribution in [-0.4, -0.2) is 62.0 Å². The van der Waals surface area contributed by atoms with Gasteiger partial charge in [0.2, 0.25) is 15.9 Å². The van der Waals surface area contributed by atoms with Gasteiger partial charge in [-0.05, 0) is 6.42 Å². The van der Waals surface area contributed by atoms with Crippen LogP contribution in [0.2, 0.25) is 0 Å². The van der Waals surface area contributed by atoms with Crippen molar-refractivity contribution in [3.8, 4) is 0 Å². The molecule has 1 rings (SSSR count). The number of nitrogens with two attached hydrogens (primary N) is 1. The van der Waals surface area contributed by atoms with Crippen molar-refractivity contribution in [2.45, 2.75) is 12.5 Å². The van der Waals surface area contributed by atoms with Crippen molar-refractivity contribution in [1.29, 1.82) is 0 Å². The van der Waals surface area contributed by atoms with Crippen LogP contribution in [-0.2, 0) is 14.8 Å². The Morgan fingerprint density at radius 2 is 1.94 bits per heavy atom. The van der Waals surface area contributed by atoms with Crippen LogP contribution in [0.15, 0.2) is 12.7 Å². The summed E-state index contributed by atoms with van der Waals surface area (Å²) in [6.45, 7) is 5.01. The molecule has 98 valence electrons. The Hall–Kier alpha value is -0.920. The first-order chi connectivity index (χ1) is 7.86. The molecule has 6 nitrogen and oxygen atoms in total. The first-order valence-corrected chi connectivity index (χ1v) is 7.31. The predicted molar refractivity (Wildman–Crippen MR) is 65.8 cm³/mol. The molecule has 1 unspecified atom stereocenters. The Morgan fingerprint density at radius 3 is 2.35 bits per heavy atom. The molecule has 0 spiro atoms. The number of sulfonamides is 1. The van der Waals surface area contributed by atoms with Gasteiger partial charge in [0.25, 0.3) is 0 Å². The Balaban J connectivity index is 2.52. The Labute approximate surface area is 102 Å². The molecule has 1 heterocycles. The molecule has 1 amide bonds. The highest BCUT2D eigenvalue weighted by Crippen LogP contribution is 2.07. The van der Waals surface area contributed by atoms with Gasteiger partial charge in [-0.2, -0.15) is 4.31 Å². The molecule has 0 saturated carbocycles. The maximum absolute atomic E-state index is 11.8. The second kappa shape index (κ2) is 5.61. The average Bonchev–Trinajstić information content (AvgIpc) is 2.27. The molecule has 0 aromatic heterocycles. The number of nitrogens with zero attached hydrogens (tertiary/aromatic N) is 2. The van der Waals surface area contributed by atoms with Gasteiger partial charge in [0.15, 0.2) is 0 Å². The fourth-order valence-corrected chi connectivity index (χ4v) is 2.58. The number of hydrogen-bond acceptors (Lipinski definition) is 4. The third-order valence-electron chi connectivity index (χ3n) is 2.76. The molecule has 1 aliphatic heterocycles. The van der Waals surface area contributed by atoms with E-state index in [1.54, 1.807) is 11.0 Å². The molecule has 1 atom stereocenters. The van der Waals surface area contributed by atoms with Crippen LogP contribution >= 0.6 is 0 Å². The van der Waals surface area contributed by atoms with Gasteiger partial charge < -0.3 is 10.6 Å². The minimum atomic E-state index is -3.16. The van der Waals surface area contributed by atoms with Gasteiger partial charge in [-0.25, -0.2) is 8.42 Å².